The highest BCUT2D eigenvalue weighted by Gasteiger charge is 2.25. The molecule has 2 saturated heterocycles. The zero-order chi connectivity index (χ0) is 16.2. The van der Waals surface area contributed by atoms with E-state index in [9.17, 15) is 4.79 Å². The van der Waals surface area contributed by atoms with Crippen LogP contribution in [0.2, 0.25) is 0 Å². The number of ether oxygens (including phenoxy) is 1. The molecular weight excluding hydrogens is 296 g/mol. The number of carboxylic acid groups (broad SMARTS) is 1. The van der Waals surface area contributed by atoms with E-state index in [1.807, 2.05) is 13.0 Å². The van der Waals surface area contributed by atoms with Gasteiger partial charge in [-0.15, -0.1) is 0 Å². The van der Waals surface area contributed by atoms with Gasteiger partial charge in [-0.05, 0) is 32.6 Å². The van der Waals surface area contributed by atoms with E-state index in [0.717, 1.165) is 50.6 Å². The first-order valence-corrected chi connectivity index (χ1v) is 8.31. The predicted molar refractivity (Wildman–Crippen MR) is 86.8 cm³/mol. The lowest BCUT2D eigenvalue weighted by Crippen LogP contribution is -2.37. The van der Waals surface area contributed by atoms with E-state index in [1.165, 1.54) is 0 Å². The van der Waals surface area contributed by atoms with Crippen LogP contribution in [0.5, 0.6) is 0 Å². The van der Waals surface area contributed by atoms with Crippen LogP contribution in [0.4, 0.5) is 11.8 Å². The van der Waals surface area contributed by atoms with Crippen LogP contribution in [0.15, 0.2) is 6.07 Å². The largest absolute Gasteiger partial charge is 0.481 e. The topological polar surface area (TPSA) is 87.6 Å². The minimum Gasteiger partial charge on any atom is -0.481 e. The highest BCUT2D eigenvalue weighted by molar-refractivity contribution is 5.70. The number of aliphatic carboxylic acids is 1. The molecular formula is C16H24N4O3. The second kappa shape index (κ2) is 7.12. The monoisotopic (exact) mass is 320 g/mol. The van der Waals surface area contributed by atoms with Crippen LogP contribution in [-0.4, -0.2) is 53.4 Å². The molecule has 0 bridgehead atoms. The molecule has 3 heterocycles. The van der Waals surface area contributed by atoms with Crippen LogP contribution in [0.1, 0.15) is 31.4 Å². The van der Waals surface area contributed by atoms with Crippen molar-refractivity contribution in [2.24, 2.45) is 5.92 Å². The average molecular weight is 320 g/mol. The third-order valence-corrected chi connectivity index (χ3v) is 4.52. The molecule has 2 aliphatic heterocycles. The Labute approximate surface area is 136 Å². The molecule has 0 saturated carbocycles. The Morgan fingerprint density at radius 3 is 2.83 bits per heavy atom. The molecule has 3 rings (SSSR count). The predicted octanol–water partition coefficient (Wildman–Crippen LogP) is 1.68. The maximum Gasteiger partial charge on any atom is 0.306 e. The van der Waals surface area contributed by atoms with Gasteiger partial charge < -0.3 is 20.1 Å². The van der Waals surface area contributed by atoms with Crippen LogP contribution < -0.4 is 10.2 Å². The fourth-order valence-corrected chi connectivity index (χ4v) is 3.16. The Kier molecular flexibility index (Phi) is 4.95. The summed E-state index contributed by atoms with van der Waals surface area (Å²) in [7, 11) is 0. The van der Waals surface area contributed by atoms with E-state index in [-0.39, 0.29) is 12.0 Å². The van der Waals surface area contributed by atoms with Crippen molar-refractivity contribution in [2.45, 2.75) is 38.7 Å². The van der Waals surface area contributed by atoms with E-state index in [4.69, 9.17) is 9.84 Å². The highest BCUT2D eigenvalue weighted by atomic mass is 16.5. The molecule has 23 heavy (non-hydrogen) atoms. The first kappa shape index (κ1) is 16.0. The second-order valence-electron chi connectivity index (χ2n) is 6.31. The van der Waals surface area contributed by atoms with E-state index >= 15 is 0 Å². The van der Waals surface area contributed by atoms with E-state index in [0.29, 0.717) is 18.8 Å². The average Bonchev–Trinajstić information content (AvgIpc) is 3.06. The van der Waals surface area contributed by atoms with Gasteiger partial charge in [-0.1, -0.05) is 0 Å². The standard InChI is InChI=1S/C16H24N4O3/c1-11-9-14(20-6-4-12(5-7-20)15(21)22)19-16(18-11)17-10-13-3-2-8-23-13/h9,12-13H,2-8,10H2,1H3,(H,21,22)(H,17,18,19). The summed E-state index contributed by atoms with van der Waals surface area (Å²) in [5.41, 5.74) is 0.908. The van der Waals surface area contributed by atoms with Crippen molar-refractivity contribution >= 4 is 17.7 Å². The number of nitrogens with one attached hydrogen (secondary N) is 1. The summed E-state index contributed by atoms with van der Waals surface area (Å²) in [4.78, 5) is 22.2. The van der Waals surface area contributed by atoms with Gasteiger partial charge in [0.15, 0.2) is 0 Å². The highest BCUT2D eigenvalue weighted by Crippen LogP contribution is 2.23. The number of aryl methyl sites for hydroxylation is 1. The Balaban J connectivity index is 1.62. The molecule has 2 fully saturated rings. The van der Waals surface area contributed by atoms with Crippen molar-refractivity contribution in [3.8, 4) is 0 Å². The van der Waals surface area contributed by atoms with Gasteiger partial charge in [-0.3, -0.25) is 4.79 Å². The van der Waals surface area contributed by atoms with Gasteiger partial charge in [0.25, 0.3) is 0 Å². The van der Waals surface area contributed by atoms with Gasteiger partial charge >= 0.3 is 5.97 Å². The van der Waals surface area contributed by atoms with Crippen LogP contribution >= 0.6 is 0 Å². The van der Waals surface area contributed by atoms with Crippen molar-refractivity contribution < 1.29 is 14.6 Å². The third kappa shape index (κ3) is 4.10. The molecule has 0 radical (unpaired) electrons. The first-order valence-electron chi connectivity index (χ1n) is 8.31. The van der Waals surface area contributed by atoms with Gasteiger partial charge in [0.1, 0.15) is 5.82 Å². The fraction of sp³-hybridized carbons (Fsp3) is 0.688. The molecule has 1 atom stereocenters. The quantitative estimate of drug-likeness (QED) is 0.853. The zero-order valence-electron chi connectivity index (χ0n) is 13.5. The van der Waals surface area contributed by atoms with Crippen molar-refractivity contribution in [3.63, 3.8) is 0 Å². The second-order valence-corrected chi connectivity index (χ2v) is 6.31. The summed E-state index contributed by atoms with van der Waals surface area (Å²) < 4.78 is 5.60. The van der Waals surface area contributed by atoms with Gasteiger partial charge in [0.2, 0.25) is 5.95 Å². The molecule has 0 aromatic carbocycles. The normalized spacial score (nSPS) is 22.3. The van der Waals surface area contributed by atoms with Crippen LogP contribution in [0, 0.1) is 12.8 Å². The van der Waals surface area contributed by atoms with Crippen molar-refractivity contribution in [3.05, 3.63) is 11.8 Å². The van der Waals surface area contributed by atoms with Crippen LogP contribution in [0.3, 0.4) is 0 Å². The van der Waals surface area contributed by atoms with Crippen molar-refractivity contribution in [2.75, 3.05) is 36.5 Å². The van der Waals surface area contributed by atoms with E-state index in [1.54, 1.807) is 0 Å². The summed E-state index contributed by atoms with van der Waals surface area (Å²) >= 11 is 0. The number of rotatable bonds is 5. The van der Waals surface area contributed by atoms with Gasteiger partial charge in [-0.2, -0.15) is 4.98 Å². The number of nitrogens with zero attached hydrogens (tertiary/aromatic N) is 3. The molecule has 1 aromatic heterocycles. The number of hydrogen-bond donors (Lipinski definition) is 2. The maximum absolute atomic E-state index is 11.1. The molecule has 7 nitrogen and oxygen atoms in total. The molecule has 7 heteroatoms. The summed E-state index contributed by atoms with van der Waals surface area (Å²) in [5.74, 6) is 0.570. The lowest BCUT2D eigenvalue weighted by Gasteiger charge is -2.31. The molecule has 2 N–H and O–H groups in total. The number of anilines is 2. The minimum atomic E-state index is -0.692. The third-order valence-electron chi connectivity index (χ3n) is 4.52. The smallest absolute Gasteiger partial charge is 0.306 e. The van der Waals surface area contributed by atoms with Crippen molar-refractivity contribution in [1.82, 2.24) is 9.97 Å². The van der Waals surface area contributed by atoms with Gasteiger partial charge in [-0.25, -0.2) is 4.98 Å². The maximum atomic E-state index is 11.1. The Hall–Kier alpha value is -1.89. The molecule has 2 aliphatic rings. The molecule has 1 unspecified atom stereocenters. The Bertz CT molecular complexity index is 552. The summed E-state index contributed by atoms with van der Waals surface area (Å²) in [5, 5.41) is 12.4. The first-order chi connectivity index (χ1) is 11.1. The fourth-order valence-electron chi connectivity index (χ4n) is 3.16. The van der Waals surface area contributed by atoms with E-state index in [2.05, 4.69) is 20.2 Å². The Morgan fingerprint density at radius 2 is 2.17 bits per heavy atom. The minimum absolute atomic E-state index is 0.230. The molecule has 0 amide bonds. The van der Waals surface area contributed by atoms with Crippen molar-refractivity contribution in [1.29, 1.82) is 0 Å². The van der Waals surface area contributed by atoms with Gasteiger partial charge in [0.05, 0.1) is 12.0 Å². The lowest BCUT2D eigenvalue weighted by molar-refractivity contribution is -0.142. The number of aromatic nitrogens is 2. The summed E-state index contributed by atoms with van der Waals surface area (Å²) in [6, 6.07) is 1.96. The molecule has 1 aromatic rings. The molecule has 126 valence electrons. The number of piperidine rings is 1. The molecule has 0 spiro atoms. The summed E-state index contributed by atoms with van der Waals surface area (Å²) in [6.45, 7) is 4.96. The van der Waals surface area contributed by atoms with Crippen LogP contribution in [0.25, 0.3) is 0 Å². The summed E-state index contributed by atoms with van der Waals surface area (Å²) in [6.07, 6.45) is 3.77. The Morgan fingerprint density at radius 1 is 1.39 bits per heavy atom. The number of carbonyl (C=O) groups is 1. The number of hydrogen-bond acceptors (Lipinski definition) is 6. The molecule has 0 aliphatic carbocycles. The zero-order valence-corrected chi connectivity index (χ0v) is 13.5. The SMILES string of the molecule is Cc1cc(N2CCC(C(=O)O)CC2)nc(NCC2CCCO2)n1. The van der Waals surface area contributed by atoms with Crippen LogP contribution in [-0.2, 0) is 9.53 Å². The van der Waals surface area contributed by atoms with Gasteiger partial charge in [0, 0.05) is 38.0 Å². The lowest BCUT2D eigenvalue weighted by atomic mass is 9.97. The number of carboxylic acids is 1. The van der Waals surface area contributed by atoms with E-state index < -0.39 is 5.97 Å².